The van der Waals surface area contributed by atoms with Gasteiger partial charge in [0.05, 0.1) is 13.2 Å². The molecule has 0 aromatic heterocycles. The lowest BCUT2D eigenvalue weighted by Gasteiger charge is -2.25. The Balaban J connectivity index is 2.23. The van der Waals surface area contributed by atoms with Crippen LogP contribution in [0.5, 0.6) is 0 Å². The summed E-state index contributed by atoms with van der Waals surface area (Å²) >= 11 is 0. The summed E-state index contributed by atoms with van der Waals surface area (Å²) in [5, 5.41) is 0. The third-order valence-electron chi connectivity index (χ3n) is 2.85. The Hall–Kier alpha value is -0.120. The Morgan fingerprint density at radius 1 is 1.36 bits per heavy atom. The second kappa shape index (κ2) is 2.19. The van der Waals surface area contributed by atoms with Gasteiger partial charge in [-0.1, -0.05) is 13.8 Å². The summed E-state index contributed by atoms with van der Waals surface area (Å²) in [5.41, 5.74) is 5.56. The Labute approximate surface area is 66.8 Å². The average molecular weight is 157 g/mol. The molecule has 0 aromatic rings. The predicted octanol–water partition coefficient (Wildman–Crippen LogP) is 0.343. The van der Waals surface area contributed by atoms with Crippen molar-refractivity contribution in [2.24, 2.45) is 17.6 Å². The predicted molar refractivity (Wildman–Crippen MR) is 40.9 cm³/mol. The normalized spacial score (nSPS) is 56.5. The van der Waals surface area contributed by atoms with E-state index >= 15 is 0 Å². The van der Waals surface area contributed by atoms with E-state index in [1.54, 1.807) is 0 Å². The van der Waals surface area contributed by atoms with Crippen molar-refractivity contribution >= 4 is 0 Å². The van der Waals surface area contributed by atoms with Crippen LogP contribution in [0.15, 0.2) is 0 Å². The number of ether oxygens (including phenoxy) is 2. The summed E-state index contributed by atoms with van der Waals surface area (Å²) in [6, 6.07) is 0. The molecule has 0 aromatic carbocycles. The molecule has 2 N–H and O–H groups in total. The van der Waals surface area contributed by atoms with Crippen molar-refractivity contribution in [3.05, 3.63) is 0 Å². The molecule has 0 unspecified atom stereocenters. The lowest BCUT2D eigenvalue weighted by molar-refractivity contribution is -0.0349. The maximum absolute atomic E-state index is 6.05. The minimum atomic E-state index is -0.487. The summed E-state index contributed by atoms with van der Waals surface area (Å²) in [5.74, 6) is 0.780. The van der Waals surface area contributed by atoms with E-state index in [0.717, 1.165) is 13.2 Å². The van der Waals surface area contributed by atoms with Crippen molar-refractivity contribution in [2.45, 2.75) is 25.7 Å². The highest BCUT2D eigenvalue weighted by molar-refractivity contribution is 5.00. The Bertz CT molecular complexity index is 173. The van der Waals surface area contributed by atoms with E-state index in [0.29, 0.717) is 11.8 Å². The van der Waals surface area contributed by atoms with Crippen LogP contribution in [0.1, 0.15) is 13.8 Å². The summed E-state index contributed by atoms with van der Waals surface area (Å²) < 4.78 is 11.1. The van der Waals surface area contributed by atoms with Crippen LogP contribution in [-0.4, -0.2) is 25.0 Å². The van der Waals surface area contributed by atoms with E-state index in [9.17, 15) is 0 Å². The van der Waals surface area contributed by atoms with Gasteiger partial charge in [-0.05, 0) is 0 Å². The highest BCUT2D eigenvalue weighted by Gasteiger charge is 2.54. The average Bonchev–Trinajstić information content (AvgIpc) is 2.39. The van der Waals surface area contributed by atoms with E-state index in [4.69, 9.17) is 15.2 Å². The lowest BCUT2D eigenvalue weighted by Crippen LogP contribution is -2.50. The molecule has 2 aliphatic rings. The Kier molecular flexibility index (Phi) is 1.50. The van der Waals surface area contributed by atoms with E-state index in [2.05, 4.69) is 13.8 Å². The molecule has 0 amide bonds. The van der Waals surface area contributed by atoms with Gasteiger partial charge in [-0.3, -0.25) is 0 Å². The van der Waals surface area contributed by atoms with Crippen LogP contribution in [0.2, 0.25) is 0 Å². The Morgan fingerprint density at radius 3 is 2.73 bits per heavy atom. The zero-order valence-electron chi connectivity index (χ0n) is 7.04. The molecule has 3 nitrogen and oxygen atoms in total. The second-order valence-corrected chi connectivity index (χ2v) is 3.80. The topological polar surface area (TPSA) is 44.5 Å². The maximum Gasteiger partial charge on any atom is 0.148 e. The van der Waals surface area contributed by atoms with Gasteiger partial charge < -0.3 is 15.2 Å². The molecule has 64 valence electrons. The largest absolute Gasteiger partial charge is 0.373 e. The summed E-state index contributed by atoms with van der Waals surface area (Å²) in [6.07, 6.45) is 0.123. The van der Waals surface area contributed by atoms with Crippen molar-refractivity contribution < 1.29 is 9.47 Å². The van der Waals surface area contributed by atoms with Crippen LogP contribution < -0.4 is 5.73 Å². The van der Waals surface area contributed by atoms with Gasteiger partial charge >= 0.3 is 0 Å². The van der Waals surface area contributed by atoms with Crippen LogP contribution >= 0.6 is 0 Å². The number of rotatable bonds is 0. The zero-order valence-corrected chi connectivity index (χ0v) is 7.04. The fraction of sp³-hybridized carbons (Fsp3) is 1.00. The molecule has 2 heterocycles. The van der Waals surface area contributed by atoms with Gasteiger partial charge in [0.25, 0.3) is 0 Å². The Morgan fingerprint density at radius 2 is 2.09 bits per heavy atom. The van der Waals surface area contributed by atoms with Crippen LogP contribution in [-0.2, 0) is 9.47 Å². The number of fused-ring (bicyclic) bond motifs is 1. The summed E-state index contributed by atoms with van der Waals surface area (Å²) in [7, 11) is 0. The lowest BCUT2D eigenvalue weighted by atomic mass is 9.93. The minimum Gasteiger partial charge on any atom is -0.373 e. The first-order valence-electron chi connectivity index (χ1n) is 4.19. The molecule has 2 aliphatic heterocycles. The van der Waals surface area contributed by atoms with Crippen LogP contribution in [0.25, 0.3) is 0 Å². The molecule has 0 bridgehead atoms. The van der Waals surface area contributed by atoms with E-state index in [1.165, 1.54) is 0 Å². The first-order chi connectivity index (χ1) is 5.14. The molecule has 0 saturated carbocycles. The van der Waals surface area contributed by atoms with E-state index in [1.807, 2.05) is 0 Å². The minimum absolute atomic E-state index is 0.123. The smallest absolute Gasteiger partial charge is 0.148 e. The van der Waals surface area contributed by atoms with Gasteiger partial charge in [0.2, 0.25) is 0 Å². The summed E-state index contributed by atoms with van der Waals surface area (Å²) in [4.78, 5) is 0. The number of nitrogens with two attached hydrogens (primary N) is 1. The van der Waals surface area contributed by atoms with Crippen LogP contribution in [0, 0.1) is 11.8 Å². The highest BCUT2D eigenvalue weighted by Crippen LogP contribution is 2.39. The maximum atomic E-state index is 6.05. The van der Waals surface area contributed by atoms with Gasteiger partial charge in [-0.2, -0.15) is 0 Å². The number of hydrogen-bond donors (Lipinski definition) is 1. The van der Waals surface area contributed by atoms with Gasteiger partial charge in [0, 0.05) is 11.8 Å². The van der Waals surface area contributed by atoms with Crippen molar-refractivity contribution in [1.82, 2.24) is 0 Å². The van der Waals surface area contributed by atoms with Crippen molar-refractivity contribution in [3.63, 3.8) is 0 Å². The number of hydrogen-bond acceptors (Lipinski definition) is 3. The SMILES string of the molecule is C[C@H]1CO[C@@]2(N)[C@@H]1OC[C@@H]2C. The van der Waals surface area contributed by atoms with Crippen molar-refractivity contribution in [3.8, 4) is 0 Å². The fourth-order valence-electron chi connectivity index (χ4n) is 1.99. The molecular weight excluding hydrogens is 142 g/mol. The molecule has 0 aliphatic carbocycles. The zero-order chi connectivity index (χ0) is 8.06. The third-order valence-corrected chi connectivity index (χ3v) is 2.85. The molecule has 0 spiro atoms. The molecule has 2 saturated heterocycles. The van der Waals surface area contributed by atoms with Crippen molar-refractivity contribution in [1.29, 1.82) is 0 Å². The monoisotopic (exact) mass is 157 g/mol. The molecule has 2 rings (SSSR count). The van der Waals surface area contributed by atoms with E-state index < -0.39 is 5.72 Å². The van der Waals surface area contributed by atoms with Gasteiger partial charge in [-0.15, -0.1) is 0 Å². The first-order valence-corrected chi connectivity index (χ1v) is 4.19. The highest BCUT2D eigenvalue weighted by atomic mass is 16.6. The van der Waals surface area contributed by atoms with Crippen molar-refractivity contribution in [2.75, 3.05) is 13.2 Å². The first kappa shape index (κ1) is 7.53. The van der Waals surface area contributed by atoms with Crippen LogP contribution in [0.4, 0.5) is 0 Å². The van der Waals surface area contributed by atoms with Crippen LogP contribution in [0.3, 0.4) is 0 Å². The second-order valence-electron chi connectivity index (χ2n) is 3.80. The standard InChI is InChI=1S/C8H15NO2/c1-5-3-11-8(9)6(2)4-10-7(5)8/h5-7H,3-4,9H2,1-2H3/t5-,6-,7+,8+/m0/s1. The molecule has 2 fully saturated rings. The summed E-state index contributed by atoms with van der Waals surface area (Å²) in [6.45, 7) is 5.69. The molecular formula is C8H15NO2. The van der Waals surface area contributed by atoms with Gasteiger partial charge in [0.15, 0.2) is 0 Å². The third kappa shape index (κ3) is 0.849. The molecule has 3 heteroatoms. The fourth-order valence-corrected chi connectivity index (χ4v) is 1.99. The van der Waals surface area contributed by atoms with Gasteiger partial charge in [0.1, 0.15) is 11.8 Å². The van der Waals surface area contributed by atoms with E-state index in [-0.39, 0.29) is 6.10 Å². The van der Waals surface area contributed by atoms with Gasteiger partial charge in [-0.25, -0.2) is 0 Å². The quantitative estimate of drug-likeness (QED) is 0.551. The molecule has 4 atom stereocenters. The molecule has 11 heavy (non-hydrogen) atoms. The molecule has 0 radical (unpaired) electrons.